The van der Waals surface area contributed by atoms with Gasteiger partial charge in [-0.15, -0.1) is 0 Å². The Hall–Kier alpha value is -3.25. The maximum Gasteiger partial charge on any atom is 0.197 e. The van der Waals surface area contributed by atoms with E-state index < -0.39 is 4.75 Å². The number of nitrogens with zero attached hydrogens (tertiary/aromatic N) is 1. The fourth-order valence-electron chi connectivity index (χ4n) is 4.19. The van der Waals surface area contributed by atoms with Crippen molar-refractivity contribution in [3.8, 4) is 5.75 Å². The van der Waals surface area contributed by atoms with Gasteiger partial charge in [-0.2, -0.15) is 0 Å². The van der Waals surface area contributed by atoms with Crippen molar-refractivity contribution in [3.05, 3.63) is 95.3 Å². The summed E-state index contributed by atoms with van der Waals surface area (Å²) in [4.78, 5) is 41.4. The molecule has 0 radical (unpaired) electrons. The van der Waals surface area contributed by atoms with E-state index in [1.807, 2.05) is 79.9 Å². The first-order chi connectivity index (χ1) is 16.9. The second kappa shape index (κ2) is 11.0. The van der Waals surface area contributed by atoms with E-state index in [0.717, 1.165) is 35.0 Å². The summed E-state index contributed by atoms with van der Waals surface area (Å²) in [5, 5.41) is -0.0610. The molecule has 2 aromatic carbocycles. The van der Waals surface area contributed by atoms with Crippen LogP contribution in [0.3, 0.4) is 0 Å². The summed E-state index contributed by atoms with van der Waals surface area (Å²) in [5.74, 6) is 0.534. The van der Waals surface area contributed by atoms with Crippen molar-refractivity contribution >= 4 is 28.4 Å². The smallest absolute Gasteiger partial charge is 0.197 e. The normalized spacial score (nSPS) is 18.5. The summed E-state index contributed by atoms with van der Waals surface area (Å²) in [7, 11) is 0. The van der Waals surface area contributed by atoms with Gasteiger partial charge in [0.1, 0.15) is 5.75 Å². The summed E-state index contributed by atoms with van der Waals surface area (Å²) < 4.78 is 5.39. The average molecular weight is 488 g/mol. The first-order valence-electron chi connectivity index (χ1n) is 11.9. The van der Waals surface area contributed by atoms with Gasteiger partial charge in [-0.3, -0.25) is 19.4 Å². The Morgan fingerprint density at radius 3 is 2.34 bits per heavy atom. The quantitative estimate of drug-likeness (QED) is 0.273. The molecule has 0 saturated carbocycles. The van der Waals surface area contributed by atoms with Crippen LogP contribution in [-0.2, 0) is 22.4 Å². The molecule has 1 fully saturated rings. The molecule has 0 N–H and O–H groups in total. The van der Waals surface area contributed by atoms with E-state index in [4.69, 9.17) is 4.74 Å². The fourth-order valence-corrected chi connectivity index (χ4v) is 5.32. The number of hydrogen-bond acceptors (Lipinski definition) is 6. The molecule has 3 aromatic rings. The molecule has 1 aliphatic heterocycles. The second-order valence-electron chi connectivity index (χ2n) is 9.07. The number of benzene rings is 2. The molecule has 1 saturated heterocycles. The zero-order chi connectivity index (χ0) is 24.8. The molecule has 6 heteroatoms. The Morgan fingerprint density at radius 2 is 1.74 bits per heavy atom. The van der Waals surface area contributed by atoms with Crippen molar-refractivity contribution < 1.29 is 19.1 Å². The standard InChI is InChI=1S/C29H29NO4S/c1-3-20-11-14-25(30-18-20)23(15-26(31)22-7-5-4-6-8-22)19-34-24-12-9-21(10-13-24)17-29(2)27(32)16-28(33)35-29/h4-14,18,23H,3,15-17,19H2,1-2H3. The van der Waals surface area contributed by atoms with Crippen LogP contribution < -0.4 is 4.74 Å². The van der Waals surface area contributed by atoms with Crippen LogP contribution in [0.25, 0.3) is 0 Å². The number of carbonyl (C=O) groups excluding carboxylic acids is 3. The van der Waals surface area contributed by atoms with Crippen molar-refractivity contribution in [2.75, 3.05) is 6.61 Å². The average Bonchev–Trinajstić information content (AvgIpc) is 3.13. The van der Waals surface area contributed by atoms with Crippen molar-refractivity contribution in [2.45, 2.75) is 50.2 Å². The molecule has 35 heavy (non-hydrogen) atoms. The van der Waals surface area contributed by atoms with E-state index in [1.165, 1.54) is 0 Å². The summed E-state index contributed by atoms with van der Waals surface area (Å²) in [6.07, 6.45) is 3.58. The Labute approximate surface area is 210 Å². The van der Waals surface area contributed by atoms with Gasteiger partial charge in [0.05, 0.1) is 17.8 Å². The van der Waals surface area contributed by atoms with E-state index in [-0.39, 0.29) is 29.0 Å². The first-order valence-corrected chi connectivity index (χ1v) is 12.7. The molecule has 0 bridgehead atoms. The molecule has 1 aromatic heterocycles. The molecule has 4 rings (SSSR count). The minimum atomic E-state index is -0.696. The van der Waals surface area contributed by atoms with Gasteiger partial charge in [-0.05, 0) is 49.1 Å². The van der Waals surface area contributed by atoms with Gasteiger partial charge in [-0.1, -0.05) is 67.2 Å². The molecule has 0 spiro atoms. The third kappa shape index (κ3) is 6.25. The summed E-state index contributed by atoms with van der Waals surface area (Å²) >= 11 is 1.13. The molecule has 0 amide bonds. The van der Waals surface area contributed by atoms with E-state index in [2.05, 4.69) is 11.9 Å². The maximum absolute atomic E-state index is 12.9. The topological polar surface area (TPSA) is 73.3 Å². The van der Waals surface area contributed by atoms with Gasteiger partial charge >= 0.3 is 0 Å². The lowest BCUT2D eigenvalue weighted by Crippen LogP contribution is -2.29. The number of pyridine rings is 1. The molecule has 2 heterocycles. The number of thioether (sulfide) groups is 1. The van der Waals surface area contributed by atoms with Crippen molar-refractivity contribution in [1.29, 1.82) is 0 Å². The van der Waals surface area contributed by atoms with Crippen LogP contribution in [-0.4, -0.2) is 33.0 Å². The molecular weight excluding hydrogens is 458 g/mol. The van der Waals surface area contributed by atoms with Crippen molar-refractivity contribution in [2.24, 2.45) is 0 Å². The third-order valence-electron chi connectivity index (χ3n) is 6.35. The largest absolute Gasteiger partial charge is 0.493 e. The van der Waals surface area contributed by atoms with E-state index >= 15 is 0 Å². The van der Waals surface area contributed by atoms with Gasteiger partial charge in [0, 0.05) is 29.8 Å². The number of aromatic nitrogens is 1. The third-order valence-corrected chi connectivity index (χ3v) is 7.55. The minimum absolute atomic E-state index is 0.0126. The number of rotatable bonds is 10. The highest BCUT2D eigenvalue weighted by Crippen LogP contribution is 2.39. The van der Waals surface area contributed by atoms with Crippen LogP contribution in [0, 0.1) is 0 Å². The van der Waals surface area contributed by atoms with Gasteiger partial charge in [0.15, 0.2) is 16.7 Å². The predicted molar refractivity (Wildman–Crippen MR) is 138 cm³/mol. The second-order valence-corrected chi connectivity index (χ2v) is 10.6. The number of carbonyl (C=O) groups is 3. The van der Waals surface area contributed by atoms with Crippen molar-refractivity contribution in [3.63, 3.8) is 0 Å². The van der Waals surface area contributed by atoms with E-state index in [9.17, 15) is 14.4 Å². The van der Waals surface area contributed by atoms with Gasteiger partial charge < -0.3 is 4.74 Å². The SMILES string of the molecule is CCc1ccc(C(COc2ccc(CC3(C)SC(=O)CC3=O)cc2)CC(=O)c2ccccc2)nc1. The molecule has 5 nitrogen and oxygen atoms in total. The maximum atomic E-state index is 12.9. The predicted octanol–water partition coefficient (Wildman–Crippen LogP) is 5.61. The zero-order valence-corrected chi connectivity index (χ0v) is 20.8. The van der Waals surface area contributed by atoms with Crippen LogP contribution in [0.2, 0.25) is 0 Å². The summed E-state index contributed by atoms with van der Waals surface area (Å²) in [6.45, 7) is 4.23. The van der Waals surface area contributed by atoms with Crippen LogP contribution in [0.5, 0.6) is 5.75 Å². The number of Topliss-reactive ketones (excluding diaryl/α,β-unsaturated/α-hetero) is 2. The number of ketones is 2. The van der Waals surface area contributed by atoms with E-state index in [1.54, 1.807) is 0 Å². The Balaban J connectivity index is 1.44. The van der Waals surface area contributed by atoms with Crippen LogP contribution in [0.4, 0.5) is 0 Å². The lowest BCUT2D eigenvalue weighted by molar-refractivity contribution is -0.123. The van der Waals surface area contributed by atoms with Crippen LogP contribution >= 0.6 is 11.8 Å². The lowest BCUT2D eigenvalue weighted by atomic mass is 9.94. The Bertz CT molecular complexity index is 1190. The molecule has 2 unspecified atom stereocenters. The minimum Gasteiger partial charge on any atom is -0.493 e. The molecule has 0 aliphatic carbocycles. The van der Waals surface area contributed by atoms with Gasteiger partial charge in [0.2, 0.25) is 0 Å². The zero-order valence-electron chi connectivity index (χ0n) is 20.0. The fraction of sp³-hybridized carbons (Fsp3) is 0.310. The van der Waals surface area contributed by atoms with Gasteiger partial charge in [0.25, 0.3) is 0 Å². The van der Waals surface area contributed by atoms with Crippen LogP contribution in [0.1, 0.15) is 59.8 Å². The highest BCUT2D eigenvalue weighted by molar-refractivity contribution is 8.16. The Kier molecular flexibility index (Phi) is 7.81. The summed E-state index contributed by atoms with van der Waals surface area (Å²) in [5.41, 5.74) is 3.63. The Morgan fingerprint density at radius 1 is 1.03 bits per heavy atom. The molecule has 1 aliphatic rings. The molecule has 2 atom stereocenters. The number of aryl methyl sites for hydroxylation is 1. The number of ether oxygens (including phenoxy) is 1. The van der Waals surface area contributed by atoms with Gasteiger partial charge in [-0.25, -0.2) is 0 Å². The van der Waals surface area contributed by atoms with Crippen LogP contribution in [0.15, 0.2) is 72.9 Å². The highest BCUT2D eigenvalue weighted by Gasteiger charge is 2.43. The molecule has 180 valence electrons. The highest BCUT2D eigenvalue weighted by atomic mass is 32.2. The number of hydrogen-bond donors (Lipinski definition) is 0. The van der Waals surface area contributed by atoms with Crippen molar-refractivity contribution in [1.82, 2.24) is 4.98 Å². The lowest BCUT2D eigenvalue weighted by Gasteiger charge is -2.20. The first kappa shape index (κ1) is 24.9. The van der Waals surface area contributed by atoms with E-state index in [0.29, 0.717) is 30.8 Å². The molecular formula is C29H29NO4S. The summed E-state index contributed by atoms with van der Waals surface area (Å²) in [6, 6.07) is 20.9. The monoisotopic (exact) mass is 487 g/mol.